The normalized spacial score (nSPS) is 9.31. The van der Waals surface area contributed by atoms with Gasteiger partial charge in [0.15, 0.2) is 0 Å². The van der Waals surface area contributed by atoms with Crippen molar-refractivity contribution in [3.8, 4) is 0 Å². The molecule has 0 bridgehead atoms. The summed E-state index contributed by atoms with van der Waals surface area (Å²) in [4.78, 5) is 27.9. The number of nitrogens with zero attached hydrogens (tertiary/aromatic N) is 2. The fourth-order valence-electron chi connectivity index (χ4n) is 0.706. The van der Waals surface area contributed by atoms with E-state index in [0.29, 0.717) is 5.69 Å². The lowest BCUT2D eigenvalue weighted by Gasteiger charge is -1.99. The van der Waals surface area contributed by atoms with E-state index in [1.807, 2.05) is 0 Å². The third-order valence-corrected chi connectivity index (χ3v) is 1.16. The number of carboxylic acid groups (broad SMARTS) is 1. The average Bonchev–Trinajstić information content (AvgIpc) is 2.04. The van der Waals surface area contributed by atoms with Crippen molar-refractivity contribution in [1.29, 1.82) is 0 Å². The second kappa shape index (κ2) is 3.61. The van der Waals surface area contributed by atoms with Gasteiger partial charge in [-0.2, -0.15) is 0 Å². The van der Waals surface area contributed by atoms with Crippen molar-refractivity contribution in [3.05, 3.63) is 18.2 Å². The molecule has 0 radical (unpaired) electrons. The lowest BCUT2D eigenvalue weighted by Crippen LogP contribution is -2.09. The number of hydrogen-bond acceptors (Lipinski definition) is 4. The summed E-state index contributed by atoms with van der Waals surface area (Å²) in [5, 5.41) is 10.9. The molecular formula is C7H7N3O3. The van der Waals surface area contributed by atoms with Crippen LogP contribution in [0.1, 0.15) is 17.5 Å². The van der Waals surface area contributed by atoms with Crippen molar-refractivity contribution in [3.63, 3.8) is 0 Å². The molecule has 0 aliphatic carbocycles. The quantitative estimate of drug-likeness (QED) is 0.676. The van der Waals surface area contributed by atoms with Gasteiger partial charge in [-0.15, -0.1) is 0 Å². The smallest absolute Gasteiger partial charge is 0.373 e. The maximum atomic E-state index is 10.5. The van der Waals surface area contributed by atoms with Crippen LogP contribution in [-0.4, -0.2) is 27.0 Å². The summed E-state index contributed by atoms with van der Waals surface area (Å²) in [5.74, 6) is -1.75. The minimum absolute atomic E-state index is 0.258. The highest BCUT2D eigenvalue weighted by atomic mass is 16.4. The van der Waals surface area contributed by atoms with Crippen LogP contribution in [0.15, 0.2) is 12.4 Å². The molecule has 0 aliphatic heterocycles. The van der Waals surface area contributed by atoms with Crippen LogP contribution in [0.3, 0.4) is 0 Å². The van der Waals surface area contributed by atoms with Crippen molar-refractivity contribution >= 4 is 17.6 Å². The van der Waals surface area contributed by atoms with Crippen LogP contribution in [0.2, 0.25) is 0 Å². The van der Waals surface area contributed by atoms with Gasteiger partial charge in [0.05, 0.1) is 18.1 Å². The standard InChI is InChI=1S/C7H7N3O3/c1-4(11)10-5-2-8-6(7(12)13)9-3-5/h2-3H,1H3,(H,10,11)(H,12,13). The molecule has 68 valence electrons. The van der Waals surface area contributed by atoms with Gasteiger partial charge in [-0.3, -0.25) is 4.79 Å². The lowest BCUT2D eigenvalue weighted by atomic mass is 10.5. The molecule has 2 N–H and O–H groups in total. The highest BCUT2D eigenvalue weighted by molar-refractivity contribution is 5.88. The van der Waals surface area contributed by atoms with Crippen LogP contribution in [0.5, 0.6) is 0 Å². The fraction of sp³-hybridized carbons (Fsp3) is 0.143. The van der Waals surface area contributed by atoms with E-state index in [2.05, 4.69) is 15.3 Å². The minimum atomic E-state index is -1.20. The first-order valence-electron chi connectivity index (χ1n) is 3.42. The lowest BCUT2D eigenvalue weighted by molar-refractivity contribution is -0.114. The van der Waals surface area contributed by atoms with E-state index in [1.54, 1.807) is 0 Å². The molecule has 1 rings (SSSR count). The summed E-state index contributed by atoms with van der Waals surface area (Å²) in [6.45, 7) is 1.34. The number of aromatic nitrogens is 2. The molecule has 0 spiro atoms. The van der Waals surface area contributed by atoms with Crippen LogP contribution in [0.4, 0.5) is 5.69 Å². The molecule has 0 saturated carbocycles. The largest absolute Gasteiger partial charge is 0.475 e. The third-order valence-electron chi connectivity index (χ3n) is 1.16. The molecule has 6 heteroatoms. The van der Waals surface area contributed by atoms with Crippen LogP contribution in [0.25, 0.3) is 0 Å². The summed E-state index contributed by atoms with van der Waals surface area (Å²) >= 11 is 0. The van der Waals surface area contributed by atoms with Crippen LogP contribution in [0, 0.1) is 0 Å². The van der Waals surface area contributed by atoms with Crippen LogP contribution >= 0.6 is 0 Å². The highest BCUT2D eigenvalue weighted by Gasteiger charge is 2.05. The minimum Gasteiger partial charge on any atom is -0.475 e. The predicted octanol–water partition coefficient (Wildman–Crippen LogP) is 0.133. The molecule has 0 atom stereocenters. The van der Waals surface area contributed by atoms with Gasteiger partial charge in [0.2, 0.25) is 11.7 Å². The Hall–Kier alpha value is -1.98. The Balaban J connectivity index is 2.81. The van der Waals surface area contributed by atoms with E-state index in [1.165, 1.54) is 19.3 Å². The molecule has 1 aromatic heterocycles. The molecule has 0 saturated heterocycles. The number of hydrogen-bond donors (Lipinski definition) is 2. The van der Waals surface area contributed by atoms with E-state index in [4.69, 9.17) is 5.11 Å². The highest BCUT2D eigenvalue weighted by Crippen LogP contribution is 2.01. The van der Waals surface area contributed by atoms with Gasteiger partial charge in [0.25, 0.3) is 0 Å². The maximum absolute atomic E-state index is 10.5. The molecule has 0 aliphatic rings. The molecule has 1 heterocycles. The molecule has 1 aromatic rings. The van der Waals surface area contributed by atoms with Gasteiger partial charge in [0.1, 0.15) is 0 Å². The third kappa shape index (κ3) is 2.51. The monoisotopic (exact) mass is 181 g/mol. The van der Waals surface area contributed by atoms with Gasteiger partial charge in [-0.05, 0) is 0 Å². The summed E-state index contributed by atoms with van der Waals surface area (Å²) in [6, 6.07) is 0. The SMILES string of the molecule is CC(=O)Nc1cnc(C(=O)O)nc1. The second-order valence-electron chi connectivity index (χ2n) is 2.28. The van der Waals surface area contributed by atoms with E-state index in [-0.39, 0.29) is 11.7 Å². The number of anilines is 1. The zero-order chi connectivity index (χ0) is 9.84. The second-order valence-corrected chi connectivity index (χ2v) is 2.28. The Morgan fingerprint density at radius 2 is 1.92 bits per heavy atom. The number of rotatable bonds is 2. The van der Waals surface area contributed by atoms with Crippen LogP contribution < -0.4 is 5.32 Å². The summed E-state index contributed by atoms with van der Waals surface area (Å²) in [7, 11) is 0. The molecule has 0 unspecified atom stereocenters. The van der Waals surface area contributed by atoms with Crippen molar-refractivity contribution in [2.45, 2.75) is 6.92 Å². The Morgan fingerprint density at radius 1 is 1.38 bits per heavy atom. The number of aromatic carboxylic acids is 1. The predicted molar refractivity (Wildman–Crippen MR) is 43.3 cm³/mol. The molecule has 0 fully saturated rings. The Morgan fingerprint density at radius 3 is 2.31 bits per heavy atom. The topological polar surface area (TPSA) is 92.2 Å². The number of amides is 1. The maximum Gasteiger partial charge on any atom is 0.373 e. The zero-order valence-electron chi connectivity index (χ0n) is 6.81. The Labute approximate surface area is 73.6 Å². The summed E-state index contributed by atoms with van der Waals surface area (Å²) < 4.78 is 0. The average molecular weight is 181 g/mol. The van der Waals surface area contributed by atoms with Crippen molar-refractivity contribution in [2.24, 2.45) is 0 Å². The van der Waals surface area contributed by atoms with Crippen LogP contribution in [-0.2, 0) is 4.79 Å². The first kappa shape index (κ1) is 9.11. The number of carboxylic acids is 1. The molecule has 1 amide bonds. The van der Waals surface area contributed by atoms with Crippen molar-refractivity contribution in [2.75, 3.05) is 5.32 Å². The van der Waals surface area contributed by atoms with E-state index < -0.39 is 5.97 Å². The number of carbonyl (C=O) groups excluding carboxylic acids is 1. The summed E-state index contributed by atoms with van der Waals surface area (Å²) in [5.41, 5.74) is 0.373. The number of carbonyl (C=O) groups is 2. The Bertz CT molecular complexity index is 333. The summed E-state index contributed by atoms with van der Waals surface area (Å²) in [6.07, 6.45) is 2.47. The molecule has 0 aromatic carbocycles. The molecular weight excluding hydrogens is 174 g/mol. The number of nitrogens with one attached hydrogen (secondary N) is 1. The molecule has 13 heavy (non-hydrogen) atoms. The zero-order valence-corrected chi connectivity index (χ0v) is 6.81. The fourth-order valence-corrected chi connectivity index (χ4v) is 0.706. The Kier molecular flexibility index (Phi) is 2.53. The molecule has 6 nitrogen and oxygen atoms in total. The van der Waals surface area contributed by atoms with E-state index in [9.17, 15) is 9.59 Å². The van der Waals surface area contributed by atoms with E-state index in [0.717, 1.165) is 0 Å². The van der Waals surface area contributed by atoms with Gasteiger partial charge in [-0.1, -0.05) is 0 Å². The van der Waals surface area contributed by atoms with Crippen molar-refractivity contribution < 1.29 is 14.7 Å². The van der Waals surface area contributed by atoms with Gasteiger partial charge in [-0.25, -0.2) is 14.8 Å². The first-order valence-corrected chi connectivity index (χ1v) is 3.42. The van der Waals surface area contributed by atoms with Gasteiger partial charge < -0.3 is 10.4 Å². The van der Waals surface area contributed by atoms with Gasteiger partial charge >= 0.3 is 5.97 Å². The van der Waals surface area contributed by atoms with Crippen molar-refractivity contribution in [1.82, 2.24) is 9.97 Å². The van der Waals surface area contributed by atoms with Gasteiger partial charge in [0, 0.05) is 6.92 Å². The van der Waals surface area contributed by atoms with E-state index >= 15 is 0 Å². The first-order chi connectivity index (χ1) is 6.09.